The van der Waals surface area contributed by atoms with Crippen molar-refractivity contribution in [3.63, 3.8) is 0 Å². The lowest BCUT2D eigenvalue weighted by Gasteiger charge is -2.31. The fourth-order valence-electron chi connectivity index (χ4n) is 3.24. The molecule has 3 unspecified atom stereocenters. The van der Waals surface area contributed by atoms with Gasteiger partial charge in [-0.1, -0.05) is 13.8 Å². The lowest BCUT2D eigenvalue weighted by Crippen LogP contribution is -2.42. The number of carbonyl (C=O) groups excluding carboxylic acids is 1. The lowest BCUT2D eigenvalue weighted by atomic mass is 9.76. The first-order valence-electron chi connectivity index (χ1n) is 7.42. The van der Waals surface area contributed by atoms with Crippen LogP contribution in [0.1, 0.15) is 45.8 Å². The van der Waals surface area contributed by atoms with E-state index in [9.17, 15) is 9.90 Å². The van der Waals surface area contributed by atoms with E-state index < -0.39 is 5.60 Å². The quantitative estimate of drug-likeness (QED) is 0.890. The van der Waals surface area contributed by atoms with Crippen LogP contribution in [-0.2, 0) is 10.4 Å². The molecule has 0 aromatic carbocycles. The number of hydrogen-bond donors (Lipinski definition) is 2. The minimum atomic E-state index is -1.16. The number of aliphatic hydroxyl groups is 1. The molecule has 0 radical (unpaired) electrons. The highest BCUT2D eigenvalue weighted by atomic mass is 16.4. The highest BCUT2D eigenvalue weighted by Gasteiger charge is 2.31. The van der Waals surface area contributed by atoms with Crippen molar-refractivity contribution in [1.29, 1.82) is 0 Å². The van der Waals surface area contributed by atoms with E-state index in [1.54, 1.807) is 19.1 Å². The maximum Gasteiger partial charge on any atom is 0.223 e. The number of nitrogens with one attached hydrogen (secondary N) is 1. The molecule has 1 aromatic rings. The number of furan rings is 1. The zero-order chi connectivity index (χ0) is 14.8. The van der Waals surface area contributed by atoms with Gasteiger partial charge in [0.05, 0.1) is 12.8 Å². The van der Waals surface area contributed by atoms with Crippen molar-refractivity contribution in [2.45, 2.75) is 45.6 Å². The van der Waals surface area contributed by atoms with Gasteiger partial charge >= 0.3 is 0 Å². The summed E-state index contributed by atoms with van der Waals surface area (Å²) in [4.78, 5) is 12.3. The Morgan fingerprint density at radius 1 is 1.40 bits per heavy atom. The van der Waals surface area contributed by atoms with Gasteiger partial charge in [-0.2, -0.15) is 0 Å². The molecule has 3 atom stereocenters. The maximum atomic E-state index is 12.3. The smallest absolute Gasteiger partial charge is 0.223 e. The Hall–Kier alpha value is -1.29. The zero-order valence-electron chi connectivity index (χ0n) is 12.6. The second-order valence-corrected chi connectivity index (χ2v) is 6.58. The molecule has 4 nitrogen and oxygen atoms in total. The summed E-state index contributed by atoms with van der Waals surface area (Å²) in [5.74, 6) is 1.79. The third kappa shape index (κ3) is 3.63. The number of amides is 1. The Morgan fingerprint density at radius 2 is 2.05 bits per heavy atom. The average molecular weight is 279 g/mol. The molecule has 0 saturated heterocycles. The summed E-state index contributed by atoms with van der Waals surface area (Å²) in [6.45, 7) is 6.24. The molecule has 20 heavy (non-hydrogen) atoms. The topological polar surface area (TPSA) is 62.5 Å². The summed E-state index contributed by atoms with van der Waals surface area (Å²) in [6, 6.07) is 3.45. The second-order valence-electron chi connectivity index (χ2n) is 6.58. The predicted molar refractivity (Wildman–Crippen MR) is 77.0 cm³/mol. The molecule has 2 rings (SSSR count). The summed E-state index contributed by atoms with van der Waals surface area (Å²) >= 11 is 0. The molecule has 1 amide bonds. The van der Waals surface area contributed by atoms with Gasteiger partial charge in [0.25, 0.3) is 0 Å². The van der Waals surface area contributed by atoms with Crippen LogP contribution in [0, 0.1) is 17.8 Å². The third-order valence-electron chi connectivity index (χ3n) is 4.21. The van der Waals surface area contributed by atoms with Gasteiger partial charge in [0.2, 0.25) is 5.91 Å². The molecule has 1 saturated carbocycles. The number of hydrogen-bond acceptors (Lipinski definition) is 3. The highest BCUT2D eigenvalue weighted by Crippen LogP contribution is 2.33. The number of carbonyl (C=O) groups is 1. The van der Waals surface area contributed by atoms with E-state index in [1.165, 1.54) is 12.7 Å². The molecule has 0 aliphatic heterocycles. The van der Waals surface area contributed by atoms with Crippen molar-refractivity contribution < 1.29 is 14.3 Å². The van der Waals surface area contributed by atoms with Crippen LogP contribution in [0.25, 0.3) is 0 Å². The summed E-state index contributed by atoms with van der Waals surface area (Å²) in [7, 11) is 0. The third-order valence-corrected chi connectivity index (χ3v) is 4.21. The minimum absolute atomic E-state index is 0.0511. The maximum absolute atomic E-state index is 12.3. The van der Waals surface area contributed by atoms with Crippen LogP contribution in [0.2, 0.25) is 0 Å². The van der Waals surface area contributed by atoms with Crippen LogP contribution in [0.4, 0.5) is 0 Å². The Balaban J connectivity index is 1.89. The first-order valence-corrected chi connectivity index (χ1v) is 7.42. The van der Waals surface area contributed by atoms with Crippen LogP contribution >= 0.6 is 0 Å². The largest absolute Gasteiger partial charge is 0.466 e. The Bertz CT molecular complexity index is 429. The van der Waals surface area contributed by atoms with E-state index in [2.05, 4.69) is 19.2 Å². The van der Waals surface area contributed by atoms with Crippen LogP contribution in [0.5, 0.6) is 0 Å². The highest BCUT2D eigenvalue weighted by molar-refractivity contribution is 5.78. The molecule has 1 aliphatic carbocycles. The second kappa shape index (κ2) is 6.00. The van der Waals surface area contributed by atoms with E-state index in [-0.39, 0.29) is 18.4 Å². The molecular weight excluding hydrogens is 254 g/mol. The predicted octanol–water partition coefficient (Wildman–Crippen LogP) is 2.68. The average Bonchev–Trinajstić information content (AvgIpc) is 2.89. The van der Waals surface area contributed by atoms with Crippen molar-refractivity contribution in [3.8, 4) is 0 Å². The monoisotopic (exact) mass is 279 g/mol. The van der Waals surface area contributed by atoms with Gasteiger partial charge in [0.1, 0.15) is 11.4 Å². The standard InChI is InChI=1S/C16H25NO3/c1-11-7-12(2)9-13(8-11)15(18)17-10-16(3,19)14-5-4-6-20-14/h4-6,11-13,19H,7-10H2,1-3H3,(H,17,18). The summed E-state index contributed by atoms with van der Waals surface area (Å²) in [6.07, 6.45) is 4.61. The van der Waals surface area contributed by atoms with Gasteiger partial charge in [-0.15, -0.1) is 0 Å². The Morgan fingerprint density at radius 3 is 2.60 bits per heavy atom. The molecule has 1 heterocycles. The molecule has 4 heteroatoms. The molecule has 1 aromatic heterocycles. The van der Waals surface area contributed by atoms with Crippen LogP contribution in [0.15, 0.2) is 22.8 Å². The molecule has 1 aliphatic rings. The van der Waals surface area contributed by atoms with E-state index in [1.807, 2.05) is 0 Å². The first-order chi connectivity index (χ1) is 9.38. The summed E-state index contributed by atoms with van der Waals surface area (Å²) in [5, 5.41) is 13.2. The van der Waals surface area contributed by atoms with E-state index >= 15 is 0 Å². The SMILES string of the molecule is CC1CC(C)CC(C(=O)NCC(C)(O)c2ccco2)C1. The Kier molecular flexibility index (Phi) is 4.53. The van der Waals surface area contributed by atoms with Gasteiger partial charge in [-0.3, -0.25) is 4.79 Å². The molecule has 2 N–H and O–H groups in total. The van der Waals surface area contributed by atoms with Gasteiger partial charge < -0.3 is 14.8 Å². The van der Waals surface area contributed by atoms with Gasteiger partial charge in [0.15, 0.2) is 0 Å². The van der Waals surface area contributed by atoms with Gasteiger partial charge in [-0.05, 0) is 50.2 Å². The van der Waals surface area contributed by atoms with Crippen molar-refractivity contribution in [2.75, 3.05) is 6.54 Å². The van der Waals surface area contributed by atoms with E-state index in [4.69, 9.17) is 4.42 Å². The van der Waals surface area contributed by atoms with Crippen LogP contribution < -0.4 is 5.32 Å². The van der Waals surface area contributed by atoms with E-state index in [0.29, 0.717) is 17.6 Å². The van der Waals surface area contributed by atoms with Crippen molar-refractivity contribution in [3.05, 3.63) is 24.2 Å². The van der Waals surface area contributed by atoms with Crippen molar-refractivity contribution >= 4 is 5.91 Å². The van der Waals surface area contributed by atoms with Gasteiger partial charge in [0, 0.05) is 5.92 Å². The molecule has 112 valence electrons. The fourth-order valence-corrected chi connectivity index (χ4v) is 3.24. The molecule has 0 bridgehead atoms. The molecule has 0 spiro atoms. The lowest BCUT2D eigenvalue weighted by molar-refractivity contribution is -0.128. The normalized spacial score (nSPS) is 29.7. The van der Waals surface area contributed by atoms with Crippen LogP contribution in [0.3, 0.4) is 0 Å². The van der Waals surface area contributed by atoms with Crippen molar-refractivity contribution in [2.24, 2.45) is 17.8 Å². The van der Waals surface area contributed by atoms with Gasteiger partial charge in [-0.25, -0.2) is 0 Å². The summed E-state index contributed by atoms with van der Waals surface area (Å²) in [5.41, 5.74) is -1.16. The summed E-state index contributed by atoms with van der Waals surface area (Å²) < 4.78 is 5.21. The van der Waals surface area contributed by atoms with E-state index in [0.717, 1.165) is 12.8 Å². The van der Waals surface area contributed by atoms with Crippen LogP contribution in [-0.4, -0.2) is 17.6 Å². The zero-order valence-corrected chi connectivity index (χ0v) is 12.6. The first kappa shape index (κ1) is 15.1. The number of rotatable bonds is 4. The minimum Gasteiger partial charge on any atom is -0.466 e. The Labute approximate surface area is 120 Å². The molecule has 1 fully saturated rings. The molecular formula is C16H25NO3. The van der Waals surface area contributed by atoms with Crippen molar-refractivity contribution in [1.82, 2.24) is 5.32 Å². The fraction of sp³-hybridized carbons (Fsp3) is 0.688.